The standard InChI is InChI=1S/C9H8Cl3NO2/c1-14-13-2-3-15-9-7(11)4-6(10)5-8(9)12/h2,4-5H,3H2,1H3/b13-2+. The molecular weight excluding hydrogens is 260 g/mol. The van der Waals surface area contributed by atoms with Crippen molar-refractivity contribution in [3.05, 3.63) is 27.2 Å². The second-order valence-electron chi connectivity index (χ2n) is 2.48. The number of oxime groups is 1. The predicted molar refractivity (Wildman–Crippen MR) is 62.5 cm³/mol. The molecule has 0 radical (unpaired) electrons. The van der Waals surface area contributed by atoms with E-state index in [1.807, 2.05) is 0 Å². The van der Waals surface area contributed by atoms with Crippen molar-refractivity contribution in [3.63, 3.8) is 0 Å². The molecule has 0 saturated heterocycles. The van der Waals surface area contributed by atoms with Gasteiger partial charge in [-0.2, -0.15) is 0 Å². The highest BCUT2D eigenvalue weighted by Crippen LogP contribution is 2.35. The van der Waals surface area contributed by atoms with Crippen LogP contribution in [0.5, 0.6) is 5.75 Å². The highest BCUT2D eigenvalue weighted by molar-refractivity contribution is 6.40. The van der Waals surface area contributed by atoms with Crippen molar-refractivity contribution >= 4 is 41.0 Å². The summed E-state index contributed by atoms with van der Waals surface area (Å²) in [6, 6.07) is 3.11. The summed E-state index contributed by atoms with van der Waals surface area (Å²) in [7, 11) is 1.44. The molecule has 0 atom stereocenters. The number of halogens is 3. The Balaban J connectivity index is 2.72. The quantitative estimate of drug-likeness (QED) is 0.616. The van der Waals surface area contributed by atoms with Crippen LogP contribution in [-0.2, 0) is 4.84 Å². The average Bonchev–Trinajstić information content (AvgIpc) is 2.15. The molecule has 15 heavy (non-hydrogen) atoms. The lowest BCUT2D eigenvalue weighted by atomic mass is 10.3. The van der Waals surface area contributed by atoms with Crippen molar-refractivity contribution in [1.82, 2.24) is 0 Å². The molecule has 0 aromatic heterocycles. The van der Waals surface area contributed by atoms with Crippen LogP contribution in [0.3, 0.4) is 0 Å². The topological polar surface area (TPSA) is 30.8 Å². The van der Waals surface area contributed by atoms with E-state index in [1.54, 1.807) is 12.1 Å². The normalized spacial score (nSPS) is 10.7. The van der Waals surface area contributed by atoms with Crippen LogP contribution in [0.4, 0.5) is 0 Å². The summed E-state index contributed by atoms with van der Waals surface area (Å²) < 4.78 is 5.27. The fourth-order valence-corrected chi connectivity index (χ4v) is 1.82. The molecule has 0 saturated carbocycles. The Labute approximate surface area is 103 Å². The molecule has 1 rings (SSSR count). The van der Waals surface area contributed by atoms with Gasteiger partial charge in [-0.05, 0) is 12.1 Å². The summed E-state index contributed by atoms with van der Waals surface area (Å²) in [4.78, 5) is 4.46. The monoisotopic (exact) mass is 267 g/mol. The van der Waals surface area contributed by atoms with Crippen LogP contribution in [0.15, 0.2) is 17.3 Å². The van der Waals surface area contributed by atoms with Gasteiger partial charge in [0.1, 0.15) is 13.7 Å². The van der Waals surface area contributed by atoms with Gasteiger partial charge in [0.05, 0.1) is 16.3 Å². The third-order valence-electron chi connectivity index (χ3n) is 1.45. The van der Waals surface area contributed by atoms with Crippen molar-refractivity contribution in [2.24, 2.45) is 5.16 Å². The largest absolute Gasteiger partial charge is 0.485 e. The number of rotatable bonds is 4. The third-order valence-corrected chi connectivity index (χ3v) is 2.22. The van der Waals surface area contributed by atoms with Gasteiger partial charge in [0.25, 0.3) is 0 Å². The Morgan fingerprint density at radius 2 is 1.87 bits per heavy atom. The van der Waals surface area contributed by atoms with Gasteiger partial charge in [0.2, 0.25) is 0 Å². The molecular formula is C9H8Cl3NO2. The fraction of sp³-hybridized carbons (Fsp3) is 0.222. The number of benzene rings is 1. The first-order chi connectivity index (χ1) is 7.15. The summed E-state index contributed by atoms with van der Waals surface area (Å²) in [5, 5.41) is 4.68. The Bertz CT molecular complexity index is 345. The highest BCUT2D eigenvalue weighted by Gasteiger charge is 2.08. The lowest BCUT2D eigenvalue weighted by Gasteiger charge is -2.07. The first-order valence-corrected chi connectivity index (χ1v) is 5.11. The Morgan fingerprint density at radius 3 is 2.40 bits per heavy atom. The number of nitrogens with zero attached hydrogens (tertiary/aromatic N) is 1. The fourth-order valence-electron chi connectivity index (χ4n) is 0.892. The van der Waals surface area contributed by atoms with E-state index in [4.69, 9.17) is 39.5 Å². The molecule has 82 valence electrons. The van der Waals surface area contributed by atoms with Crippen LogP contribution in [0.2, 0.25) is 15.1 Å². The molecule has 1 aromatic carbocycles. The smallest absolute Gasteiger partial charge is 0.157 e. The van der Waals surface area contributed by atoms with Crippen molar-refractivity contribution in [2.75, 3.05) is 13.7 Å². The van der Waals surface area contributed by atoms with Crippen LogP contribution >= 0.6 is 34.8 Å². The molecule has 0 aliphatic rings. The molecule has 1 aromatic rings. The van der Waals surface area contributed by atoms with E-state index < -0.39 is 0 Å². The Kier molecular flexibility index (Phi) is 5.02. The highest BCUT2D eigenvalue weighted by atomic mass is 35.5. The van der Waals surface area contributed by atoms with Gasteiger partial charge in [-0.25, -0.2) is 0 Å². The van der Waals surface area contributed by atoms with Crippen molar-refractivity contribution in [1.29, 1.82) is 0 Å². The zero-order valence-electron chi connectivity index (χ0n) is 7.84. The summed E-state index contributed by atoms with van der Waals surface area (Å²) in [5.74, 6) is 0.380. The SMILES string of the molecule is CO/N=C/COc1c(Cl)cc(Cl)cc1Cl. The third kappa shape index (κ3) is 3.78. The van der Waals surface area contributed by atoms with Gasteiger partial charge in [0.15, 0.2) is 5.75 Å². The number of hydrogen-bond acceptors (Lipinski definition) is 3. The number of hydrogen-bond donors (Lipinski definition) is 0. The lowest BCUT2D eigenvalue weighted by molar-refractivity contribution is 0.212. The molecule has 6 heteroatoms. The maximum absolute atomic E-state index is 5.88. The molecule has 0 spiro atoms. The van der Waals surface area contributed by atoms with Crippen LogP contribution in [0, 0.1) is 0 Å². The van der Waals surface area contributed by atoms with E-state index in [0.717, 1.165) is 0 Å². The summed E-state index contributed by atoms with van der Waals surface area (Å²) in [6.45, 7) is 0.217. The Hall–Kier alpha value is -0.640. The lowest BCUT2D eigenvalue weighted by Crippen LogP contribution is -1.99. The molecule has 0 amide bonds. The molecule has 0 aliphatic heterocycles. The molecule has 0 unspecified atom stereocenters. The zero-order valence-corrected chi connectivity index (χ0v) is 10.1. The molecule has 0 heterocycles. The first kappa shape index (κ1) is 12.4. The summed E-state index contributed by atoms with van der Waals surface area (Å²) >= 11 is 17.5. The minimum absolute atomic E-state index is 0.217. The van der Waals surface area contributed by atoms with Gasteiger partial charge in [0, 0.05) is 5.02 Å². The van der Waals surface area contributed by atoms with Gasteiger partial charge in [-0.1, -0.05) is 40.0 Å². The van der Waals surface area contributed by atoms with Gasteiger partial charge in [-0.3, -0.25) is 0 Å². The van der Waals surface area contributed by atoms with Crippen LogP contribution in [0.1, 0.15) is 0 Å². The second-order valence-corrected chi connectivity index (χ2v) is 3.73. The van der Waals surface area contributed by atoms with E-state index in [-0.39, 0.29) is 6.61 Å². The first-order valence-electron chi connectivity index (χ1n) is 3.97. The minimum Gasteiger partial charge on any atom is -0.485 e. The predicted octanol–water partition coefficient (Wildman–Crippen LogP) is 3.66. The maximum Gasteiger partial charge on any atom is 0.157 e. The van der Waals surface area contributed by atoms with E-state index in [9.17, 15) is 0 Å². The van der Waals surface area contributed by atoms with Crippen molar-refractivity contribution in [2.45, 2.75) is 0 Å². The van der Waals surface area contributed by atoms with Gasteiger partial charge < -0.3 is 9.57 Å². The van der Waals surface area contributed by atoms with Gasteiger partial charge in [-0.15, -0.1) is 0 Å². The Morgan fingerprint density at radius 1 is 1.27 bits per heavy atom. The van der Waals surface area contributed by atoms with Crippen LogP contribution in [0.25, 0.3) is 0 Å². The van der Waals surface area contributed by atoms with Crippen molar-refractivity contribution in [3.8, 4) is 5.75 Å². The molecule has 0 N–H and O–H groups in total. The van der Waals surface area contributed by atoms with E-state index in [1.165, 1.54) is 13.3 Å². The zero-order chi connectivity index (χ0) is 11.3. The minimum atomic E-state index is 0.217. The molecule has 0 bridgehead atoms. The van der Waals surface area contributed by atoms with E-state index >= 15 is 0 Å². The summed E-state index contributed by atoms with van der Waals surface area (Å²) in [5.41, 5.74) is 0. The maximum atomic E-state index is 5.88. The average molecular weight is 269 g/mol. The van der Waals surface area contributed by atoms with E-state index in [0.29, 0.717) is 20.8 Å². The number of ether oxygens (including phenoxy) is 1. The van der Waals surface area contributed by atoms with Gasteiger partial charge >= 0.3 is 0 Å². The van der Waals surface area contributed by atoms with Crippen molar-refractivity contribution < 1.29 is 9.57 Å². The van der Waals surface area contributed by atoms with Crippen LogP contribution in [-0.4, -0.2) is 19.9 Å². The second kappa shape index (κ2) is 6.05. The molecule has 0 aliphatic carbocycles. The van der Waals surface area contributed by atoms with Crippen LogP contribution < -0.4 is 4.74 Å². The van der Waals surface area contributed by atoms with E-state index in [2.05, 4.69) is 9.99 Å². The summed E-state index contributed by atoms with van der Waals surface area (Å²) in [6.07, 6.45) is 1.45. The molecule has 0 fully saturated rings. The molecule has 3 nitrogen and oxygen atoms in total.